The van der Waals surface area contributed by atoms with Crippen LogP contribution < -0.4 is 5.32 Å². The van der Waals surface area contributed by atoms with E-state index in [0.717, 1.165) is 48.3 Å². The molecule has 0 bridgehead atoms. The molecule has 3 rings (SSSR count). The van der Waals surface area contributed by atoms with Crippen molar-refractivity contribution < 1.29 is 9.53 Å². The summed E-state index contributed by atoms with van der Waals surface area (Å²) in [6.45, 7) is 4.03. The van der Waals surface area contributed by atoms with Gasteiger partial charge in [-0.05, 0) is 34.1 Å². The highest BCUT2D eigenvalue weighted by Crippen LogP contribution is 2.25. The molecule has 2 aromatic rings. The molecule has 1 N–H and O–H groups in total. The fraction of sp³-hybridized carbons (Fsp3) is 0.438. The van der Waals surface area contributed by atoms with Gasteiger partial charge in [-0.15, -0.1) is 10.2 Å². The number of rotatable bonds is 6. The molecule has 140 valence electrons. The second-order valence-electron chi connectivity index (χ2n) is 5.81. The van der Waals surface area contributed by atoms with Gasteiger partial charge in [0.05, 0.1) is 30.5 Å². The van der Waals surface area contributed by atoms with Crippen LogP contribution in [0.4, 0.5) is 5.69 Å². The SMILES string of the molecule is Cn1c(CN2CCOCC2)nnc1SCC(=O)Nc1ccc(Br)c(Cl)c1. The molecular weight excluding hydrogens is 442 g/mol. The lowest BCUT2D eigenvalue weighted by Gasteiger charge is -2.25. The van der Waals surface area contributed by atoms with Crippen molar-refractivity contribution in [2.75, 3.05) is 37.4 Å². The molecule has 26 heavy (non-hydrogen) atoms. The largest absolute Gasteiger partial charge is 0.379 e. The summed E-state index contributed by atoms with van der Waals surface area (Å²) in [5, 5.41) is 12.5. The number of benzene rings is 1. The highest BCUT2D eigenvalue weighted by molar-refractivity contribution is 9.10. The molecule has 1 aliphatic heterocycles. The zero-order chi connectivity index (χ0) is 18.5. The van der Waals surface area contributed by atoms with Crippen LogP contribution in [0.15, 0.2) is 27.8 Å². The summed E-state index contributed by atoms with van der Waals surface area (Å²) < 4.78 is 8.08. The predicted octanol–water partition coefficient (Wildman–Crippen LogP) is 2.79. The van der Waals surface area contributed by atoms with Crippen LogP contribution in [-0.2, 0) is 23.1 Å². The van der Waals surface area contributed by atoms with E-state index in [-0.39, 0.29) is 11.7 Å². The third-order valence-corrected chi connectivity index (χ3v) is 6.18. The van der Waals surface area contributed by atoms with Gasteiger partial charge in [-0.1, -0.05) is 23.4 Å². The number of carbonyl (C=O) groups is 1. The Balaban J connectivity index is 1.52. The Morgan fingerprint density at radius 1 is 1.38 bits per heavy atom. The van der Waals surface area contributed by atoms with Crippen LogP contribution in [0.5, 0.6) is 0 Å². The fourth-order valence-electron chi connectivity index (χ4n) is 2.47. The van der Waals surface area contributed by atoms with Gasteiger partial charge in [0.2, 0.25) is 5.91 Å². The molecular formula is C16H19BrClN5O2S. The Morgan fingerprint density at radius 2 is 2.15 bits per heavy atom. The summed E-state index contributed by atoms with van der Waals surface area (Å²) in [7, 11) is 1.92. The number of halogens is 2. The molecule has 0 atom stereocenters. The van der Waals surface area contributed by atoms with Gasteiger partial charge in [-0.25, -0.2) is 0 Å². The van der Waals surface area contributed by atoms with Crippen LogP contribution >= 0.6 is 39.3 Å². The van der Waals surface area contributed by atoms with Gasteiger partial charge in [-0.3, -0.25) is 9.69 Å². The van der Waals surface area contributed by atoms with E-state index in [1.165, 1.54) is 11.8 Å². The van der Waals surface area contributed by atoms with E-state index in [2.05, 4.69) is 36.3 Å². The molecule has 1 aliphatic rings. The number of aromatic nitrogens is 3. The smallest absolute Gasteiger partial charge is 0.234 e. The highest BCUT2D eigenvalue weighted by Gasteiger charge is 2.16. The number of nitrogens with one attached hydrogen (secondary N) is 1. The van der Waals surface area contributed by atoms with E-state index in [9.17, 15) is 4.79 Å². The first-order valence-corrected chi connectivity index (χ1v) is 10.2. The molecule has 0 unspecified atom stereocenters. The van der Waals surface area contributed by atoms with Crippen molar-refractivity contribution in [2.45, 2.75) is 11.7 Å². The van der Waals surface area contributed by atoms with E-state index in [1.807, 2.05) is 11.6 Å². The van der Waals surface area contributed by atoms with Crippen LogP contribution in [0.3, 0.4) is 0 Å². The molecule has 0 aliphatic carbocycles. The predicted molar refractivity (Wildman–Crippen MR) is 106 cm³/mol. The van der Waals surface area contributed by atoms with Crippen molar-refractivity contribution in [1.29, 1.82) is 0 Å². The molecule has 7 nitrogen and oxygen atoms in total. The average molecular weight is 461 g/mol. The van der Waals surface area contributed by atoms with Crippen molar-refractivity contribution in [3.05, 3.63) is 33.5 Å². The van der Waals surface area contributed by atoms with Crippen molar-refractivity contribution in [1.82, 2.24) is 19.7 Å². The Hall–Kier alpha value is -1.13. The Labute approximate surface area is 169 Å². The number of amides is 1. The summed E-state index contributed by atoms with van der Waals surface area (Å²) in [6.07, 6.45) is 0. The highest BCUT2D eigenvalue weighted by atomic mass is 79.9. The number of nitrogens with zero attached hydrogens (tertiary/aromatic N) is 4. The van der Waals surface area contributed by atoms with Crippen LogP contribution in [0, 0.1) is 0 Å². The molecule has 1 aromatic carbocycles. The van der Waals surface area contributed by atoms with E-state index in [4.69, 9.17) is 16.3 Å². The van der Waals surface area contributed by atoms with Crippen LogP contribution in [-0.4, -0.2) is 57.6 Å². The summed E-state index contributed by atoms with van der Waals surface area (Å²) in [5.41, 5.74) is 0.662. The third kappa shape index (κ3) is 5.20. The minimum absolute atomic E-state index is 0.119. The lowest BCUT2D eigenvalue weighted by atomic mass is 10.3. The number of anilines is 1. The van der Waals surface area contributed by atoms with E-state index in [0.29, 0.717) is 10.7 Å². The molecule has 0 spiro atoms. The molecule has 1 amide bonds. The number of morpholine rings is 1. The van der Waals surface area contributed by atoms with E-state index in [1.54, 1.807) is 18.2 Å². The number of carbonyl (C=O) groups excluding carboxylic acids is 1. The van der Waals surface area contributed by atoms with E-state index >= 15 is 0 Å². The monoisotopic (exact) mass is 459 g/mol. The van der Waals surface area contributed by atoms with Crippen LogP contribution in [0.1, 0.15) is 5.82 Å². The maximum absolute atomic E-state index is 12.2. The molecule has 1 aromatic heterocycles. The summed E-state index contributed by atoms with van der Waals surface area (Å²) in [4.78, 5) is 14.4. The van der Waals surface area contributed by atoms with Gasteiger partial charge in [0.1, 0.15) is 5.82 Å². The minimum Gasteiger partial charge on any atom is -0.379 e. The van der Waals surface area contributed by atoms with Gasteiger partial charge in [0.15, 0.2) is 5.16 Å². The number of hydrogen-bond donors (Lipinski definition) is 1. The van der Waals surface area contributed by atoms with E-state index < -0.39 is 0 Å². The second-order valence-corrected chi connectivity index (χ2v) is 8.02. The quantitative estimate of drug-likeness (QED) is 0.668. The zero-order valence-electron chi connectivity index (χ0n) is 14.2. The molecule has 1 saturated heterocycles. The minimum atomic E-state index is -0.119. The first-order valence-electron chi connectivity index (χ1n) is 8.09. The zero-order valence-corrected chi connectivity index (χ0v) is 17.4. The standard InChI is InChI=1S/C16H19BrClN5O2S/c1-22-14(9-23-4-6-25-7-5-23)20-21-16(22)26-10-15(24)19-11-2-3-12(17)13(18)8-11/h2-3,8H,4-7,9-10H2,1H3,(H,19,24). The lowest BCUT2D eigenvalue weighted by Crippen LogP contribution is -2.36. The maximum Gasteiger partial charge on any atom is 0.234 e. The number of hydrogen-bond acceptors (Lipinski definition) is 6. The number of thioether (sulfide) groups is 1. The van der Waals surface area contributed by atoms with Crippen molar-refractivity contribution in [2.24, 2.45) is 7.05 Å². The molecule has 2 heterocycles. The van der Waals surface area contributed by atoms with Crippen molar-refractivity contribution >= 4 is 50.9 Å². The van der Waals surface area contributed by atoms with Crippen LogP contribution in [0.2, 0.25) is 5.02 Å². The topological polar surface area (TPSA) is 72.3 Å². The van der Waals surface area contributed by atoms with Crippen LogP contribution in [0.25, 0.3) is 0 Å². The second kappa shape index (κ2) is 9.18. The van der Waals surface area contributed by atoms with Crippen molar-refractivity contribution in [3.63, 3.8) is 0 Å². The van der Waals surface area contributed by atoms with Gasteiger partial charge in [0, 0.05) is 30.3 Å². The van der Waals surface area contributed by atoms with Gasteiger partial charge in [0.25, 0.3) is 0 Å². The average Bonchev–Trinajstić information content (AvgIpc) is 2.97. The summed E-state index contributed by atoms with van der Waals surface area (Å²) >= 11 is 10.7. The summed E-state index contributed by atoms with van der Waals surface area (Å²) in [5.74, 6) is 1.01. The fourth-order valence-corrected chi connectivity index (χ4v) is 3.63. The Bertz CT molecular complexity index is 782. The molecule has 10 heteroatoms. The van der Waals surface area contributed by atoms with Gasteiger partial charge < -0.3 is 14.6 Å². The lowest BCUT2D eigenvalue weighted by molar-refractivity contribution is -0.113. The Morgan fingerprint density at radius 3 is 2.88 bits per heavy atom. The summed E-state index contributed by atoms with van der Waals surface area (Å²) in [6, 6.07) is 5.30. The van der Waals surface area contributed by atoms with Gasteiger partial charge >= 0.3 is 0 Å². The molecule has 1 fully saturated rings. The third-order valence-electron chi connectivity index (χ3n) is 3.93. The normalized spacial score (nSPS) is 15.2. The Kier molecular flexibility index (Phi) is 6.93. The first kappa shape index (κ1) is 19.6. The maximum atomic E-state index is 12.2. The first-order chi connectivity index (χ1) is 12.5. The number of ether oxygens (including phenoxy) is 1. The van der Waals surface area contributed by atoms with Gasteiger partial charge in [-0.2, -0.15) is 0 Å². The molecule has 0 radical (unpaired) electrons. The van der Waals surface area contributed by atoms with Crippen molar-refractivity contribution in [3.8, 4) is 0 Å². The molecule has 0 saturated carbocycles.